The Kier molecular flexibility index (Phi) is 5.55. The zero-order chi connectivity index (χ0) is 19.4. The Morgan fingerprint density at radius 2 is 1.81 bits per heavy atom. The van der Waals surface area contributed by atoms with Crippen LogP contribution in [-0.4, -0.2) is 33.6 Å². The summed E-state index contributed by atoms with van der Waals surface area (Å²) >= 11 is 0. The quantitative estimate of drug-likeness (QED) is 0.791. The topological polar surface area (TPSA) is 93.7 Å². The number of para-hydroxylation sites is 1. The molecule has 2 aromatic rings. The first kappa shape index (κ1) is 19.0. The molecule has 2 aromatic carbocycles. The molecule has 1 aliphatic heterocycles. The number of benzene rings is 2. The Bertz CT molecular complexity index is 943. The van der Waals surface area contributed by atoms with Gasteiger partial charge in [0.15, 0.2) is 11.5 Å². The highest BCUT2D eigenvalue weighted by Crippen LogP contribution is 2.33. The molecule has 27 heavy (non-hydrogen) atoms. The van der Waals surface area contributed by atoms with Crippen LogP contribution in [-0.2, 0) is 10.0 Å². The SMILES string of the molecule is CC[C@@H](C)NC(=O)c1ccccc1NS(=O)(=O)c1ccc2c(c1)OCCO2. The normalized spacial score (nSPS) is 14.3. The summed E-state index contributed by atoms with van der Waals surface area (Å²) in [4.78, 5) is 12.5. The molecule has 2 N–H and O–H groups in total. The lowest BCUT2D eigenvalue weighted by Gasteiger charge is -2.19. The first-order valence-corrected chi connectivity index (χ1v) is 10.2. The van der Waals surface area contributed by atoms with Crippen LogP contribution in [0.3, 0.4) is 0 Å². The number of anilines is 1. The number of ether oxygens (including phenoxy) is 2. The molecular weight excluding hydrogens is 368 g/mol. The fourth-order valence-corrected chi connectivity index (χ4v) is 3.66. The van der Waals surface area contributed by atoms with Crippen molar-refractivity contribution in [3.63, 3.8) is 0 Å². The zero-order valence-corrected chi connectivity index (χ0v) is 16.0. The molecule has 0 radical (unpaired) electrons. The van der Waals surface area contributed by atoms with E-state index >= 15 is 0 Å². The summed E-state index contributed by atoms with van der Waals surface area (Å²) in [5, 5.41) is 2.84. The molecular formula is C19H22N2O5S. The molecule has 0 aromatic heterocycles. The molecule has 0 saturated carbocycles. The van der Waals surface area contributed by atoms with Gasteiger partial charge in [-0.1, -0.05) is 19.1 Å². The number of nitrogens with one attached hydrogen (secondary N) is 2. The highest BCUT2D eigenvalue weighted by Gasteiger charge is 2.22. The first-order chi connectivity index (χ1) is 12.9. The van der Waals surface area contributed by atoms with Crippen LogP contribution < -0.4 is 19.5 Å². The highest BCUT2D eigenvalue weighted by molar-refractivity contribution is 7.92. The van der Waals surface area contributed by atoms with E-state index < -0.39 is 10.0 Å². The van der Waals surface area contributed by atoms with Crippen molar-refractivity contribution in [2.24, 2.45) is 0 Å². The molecule has 0 aliphatic carbocycles. The fourth-order valence-electron chi connectivity index (χ4n) is 2.57. The van der Waals surface area contributed by atoms with Crippen molar-refractivity contribution >= 4 is 21.6 Å². The predicted molar refractivity (Wildman–Crippen MR) is 102 cm³/mol. The van der Waals surface area contributed by atoms with E-state index in [9.17, 15) is 13.2 Å². The standard InChI is InChI=1S/C19H22N2O5S/c1-3-13(2)20-19(22)15-6-4-5-7-16(15)21-27(23,24)14-8-9-17-18(12-14)26-11-10-25-17/h4-9,12-13,21H,3,10-11H2,1-2H3,(H,20,22)/t13-/m1/s1. The van der Waals surface area contributed by atoms with Crippen LogP contribution >= 0.6 is 0 Å². The minimum absolute atomic E-state index is 0.0139. The van der Waals surface area contributed by atoms with Crippen molar-refractivity contribution in [1.29, 1.82) is 0 Å². The Labute approximate surface area is 158 Å². The Morgan fingerprint density at radius 3 is 2.56 bits per heavy atom. The molecule has 1 atom stereocenters. The molecule has 1 aliphatic rings. The average molecular weight is 390 g/mol. The number of amides is 1. The fraction of sp³-hybridized carbons (Fsp3) is 0.316. The minimum atomic E-state index is -3.90. The summed E-state index contributed by atoms with van der Waals surface area (Å²) in [7, 11) is -3.90. The number of carbonyl (C=O) groups is 1. The second-order valence-corrected chi connectivity index (χ2v) is 7.92. The van der Waals surface area contributed by atoms with Gasteiger partial charge in [-0.25, -0.2) is 8.42 Å². The van der Waals surface area contributed by atoms with Crippen molar-refractivity contribution in [3.05, 3.63) is 48.0 Å². The van der Waals surface area contributed by atoms with Crippen LogP contribution in [0, 0.1) is 0 Å². The van der Waals surface area contributed by atoms with E-state index in [1.54, 1.807) is 30.3 Å². The minimum Gasteiger partial charge on any atom is -0.486 e. The van der Waals surface area contributed by atoms with E-state index in [0.717, 1.165) is 6.42 Å². The van der Waals surface area contributed by atoms with Gasteiger partial charge >= 0.3 is 0 Å². The summed E-state index contributed by atoms with van der Waals surface area (Å²) in [6, 6.07) is 10.9. The van der Waals surface area contributed by atoms with Crippen molar-refractivity contribution in [2.75, 3.05) is 17.9 Å². The van der Waals surface area contributed by atoms with Gasteiger partial charge in [0.1, 0.15) is 13.2 Å². The molecule has 0 unspecified atom stereocenters. The summed E-state index contributed by atoms with van der Waals surface area (Å²) in [6.07, 6.45) is 0.775. The summed E-state index contributed by atoms with van der Waals surface area (Å²) < 4.78 is 39.0. The van der Waals surface area contributed by atoms with Crippen LogP contribution in [0.2, 0.25) is 0 Å². The van der Waals surface area contributed by atoms with Crippen molar-refractivity contribution in [1.82, 2.24) is 5.32 Å². The molecule has 3 rings (SSSR count). The summed E-state index contributed by atoms with van der Waals surface area (Å²) in [6.45, 7) is 4.64. The van der Waals surface area contributed by atoms with Gasteiger partial charge in [-0.3, -0.25) is 9.52 Å². The number of hydrogen-bond donors (Lipinski definition) is 2. The van der Waals surface area contributed by atoms with Crippen molar-refractivity contribution in [3.8, 4) is 11.5 Å². The second kappa shape index (κ2) is 7.87. The molecule has 8 heteroatoms. The molecule has 0 bridgehead atoms. The number of sulfonamides is 1. The molecule has 0 saturated heterocycles. The van der Waals surface area contributed by atoms with Gasteiger partial charge in [-0.05, 0) is 37.6 Å². The monoisotopic (exact) mass is 390 g/mol. The van der Waals surface area contributed by atoms with Crippen LogP contribution in [0.1, 0.15) is 30.6 Å². The van der Waals surface area contributed by atoms with E-state index in [-0.39, 0.29) is 28.1 Å². The lowest BCUT2D eigenvalue weighted by atomic mass is 10.1. The van der Waals surface area contributed by atoms with Crippen LogP contribution in [0.5, 0.6) is 11.5 Å². The van der Waals surface area contributed by atoms with E-state index in [1.165, 1.54) is 12.1 Å². The average Bonchev–Trinajstić information content (AvgIpc) is 2.67. The third-order valence-electron chi connectivity index (χ3n) is 4.23. The van der Waals surface area contributed by atoms with Gasteiger partial charge in [-0.2, -0.15) is 0 Å². The van der Waals surface area contributed by atoms with Gasteiger partial charge in [-0.15, -0.1) is 0 Å². The zero-order valence-electron chi connectivity index (χ0n) is 15.2. The Hall–Kier alpha value is -2.74. The third kappa shape index (κ3) is 4.33. The van der Waals surface area contributed by atoms with Crippen LogP contribution in [0.15, 0.2) is 47.4 Å². The van der Waals surface area contributed by atoms with Gasteiger partial charge in [0.2, 0.25) is 0 Å². The lowest BCUT2D eigenvalue weighted by Crippen LogP contribution is -2.32. The van der Waals surface area contributed by atoms with E-state index in [0.29, 0.717) is 24.7 Å². The molecule has 144 valence electrons. The lowest BCUT2D eigenvalue weighted by molar-refractivity contribution is 0.0940. The maximum Gasteiger partial charge on any atom is 0.262 e. The predicted octanol–water partition coefficient (Wildman–Crippen LogP) is 2.79. The molecule has 0 spiro atoms. The largest absolute Gasteiger partial charge is 0.486 e. The number of rotatable bonds is 6. The molecule has 7 nitrogen and oxygen atoms in total. The molecule has 1 heterocycles. The summed E-state index contributed by atoms with van der Waals surface area (Å²) in [5.41, 5.74) is 0.479. The van der Waals surface area contributed by atoms with E-state index in [4.69, 9.17) is 9.47 Å². The smallest absolute Gasteiger partial charge is 0.262 e. The van der Waals surface area contributed by atoms with E-state index in [2.05, 4.69) is 10.0 Å². The van der Waals surface area contributed by atoms with Gasteiger partial charge in [0, 0.05) is 12.1 Å². The van der Waals surface area contributed by atoms with Crippen LogP contribution in [0.4, 0.5) is 5.69 Å². The maximum atomic E-state index is 12.8. The van der Waals surface area contributed by atoms with Crippen molar-refractivity contribution < 1.29 is 22.7 Å². The van der Waals surface area contributed by atoms with Gasteiger partial charge < -0.3 is 14.8 Å². The van der Waals surface area contributed by atoms with Gasteiger partial charge in [0.05, 0.1) is 16.1 Å². The Balaban J connectivity index is 1.87. The van der Waals surface area contributed by atoms with Crippen molar-refractivity contribution in [2.45, 2.75) is 31.2 Å². The first-order valence-electron chi connectivity index (χ1n) is 8.73. The maximum absolute atomic E-state index is 12.8. The van der Waals surface area contributed by atoms with Crippen LogP contribution in [0.25, 0.3) is 0 Å². The van der Waals surface area contributed by atoms with E-state index in [1.807, 2.05) is 13.8 Å². The third-order valence-corrected chi connectivity index (χ3v) is 5.59. The Morgan fingerprint density at radius 1 is 1.11 bits per heavy atom. The molecule has 0 fully saturated rings. The summed E-state index contributed by atoms with van der Waals surface area (Å²) in [5.74, 6) is 0.560. The molecule has 1 amide bonds. The highest BCUT2D eigenvalue weighted by atomic mass is 32.2. The second-order valence-electron chi connectivity index (χ2n) is 6.24. The number of hydrogen-bond acceptors (Lipinski definition) is 5. The van der Waals surface area contributed by atoms with Gasteiger partial charge in [0.25, 0.3) is 15.9 Å². The number of carbonyl (C=O) groups excluding carboxylic acids is 1. The number of fused-ring (bicyclic) bond motifs is 1.